The second-order valence-corrected chi connectivity index (χ2v) is 3.22. The molecule has 7 heteroatoms. The molecule has 0 saturated carbocycles. The maximum atomic E-state index is 10.5. The summed E-state index contributed by atoms with van der Waals surface area (Å²) in [7, 11) is 0. The number of aromatic hydroxyl groups is 1. The monoisotopic (exact) mass is 228 g/mol. The van der Waals surface area contributed by atoms with Gasteiger partial charge in [-0.1, -0.05) is 12.1 Å². The molecule has 7 nitrogen and oxygen atoms in total. The molecule has 0 bridgehead atoms. The summed E-state index contributed by atoms with van der Waals surface area (Å²) < 4.78 is 0. The lowest BCUT2D eigenvalue weighted by Gasteiger charge is -2.17. The van der Waals surface area contributed by atoms with E-state index in [1.54, 1.807) is 0 Å². The number of nitrogens with zero attached hydrogens (tertiary/aromatic N) is 1. The Hall–Kier alpha value is -1.70. The number of benzene rings is 1. The molecule has 0 aromatic heterocycles. The van der Waals surface area contributed by atoms with E-state index in [-0.39, 0.29) is 12.1 Å². The van der Waals surface area contributed by atoms with E-state index in [1.807, 2.05) is 0 Å². The van der Waals surface area contributed by atoms with Crippen molar-refractivity contribution in [1.29, 1.82) is 0 Å². The van der Waals surface area contributed by atoms with Crippen molar-refractivity contribution in [2.75, 3.05) is 6.54 Å². The molecule has 0 radical (unpaired) electrons. The Morgan fingerprint density at radius 3 is 2.56 bits per heavy atom. The van der Waals surface area contributed by atoms with E-state index in [9.17, 15) is 25.4 Å². The first-order valence-corrected chi connectivity index (χ1v) is 4.51. The number of hydrogen-bond acceptors (Lipinski definition) is 6. The van der Waals surface area contributed by atoms with Gasteiger partial charge >= 0.3 is 5.69 Å². The van der Waals surface area contributed by atoms with Gasteiger partial charge in [0, 0.05) is 18.2 Å². The molecular formula is C9H12N2O5. The first-order valence-electron chi connectivity index (χ1n) is 4.51. The van der Waals surface area contributed by atoms with Crippen LogP contribution in [-0.4, -0.2) is 32.9 Å². The van der Waals surface area contributed by atoms with E-state index < -0.39 is 28.6 Å². The molecule has 2 unspecified atom stereocenters. The lowest BCUT2D eigenvalue weighted by molar-refractivity contribution is -0.386. The van der Waals surface area contributed by atoms with Crippen molar-refractivity contribution in [3.05, 3.63) is 33.9 Å². The summed E-state index contributed by atoms with van der Waals surface area (Å²) in [6.45, 7) is -0.219. The minimum Gasteiger partial charge on any atom is -0.502 e. The van der Waals surface area contributed by atoms with Gasteiger partial charge < -0.3 is 21.1 Å². The first kappa shape index (κ1) is 12.4. The summed E-state index contributed by atoms with van der Waals surface area (Å²) in [5.74, 6) is -0.660. The van der Waals surface area contributed by atoms with Gasteiger partial charge in [0.15, 0.2) is 5.75 Å². The van der Waals surface area contributed by atoms with Crippen LogP contribution in [-0.2, 0) is 0 Å². The van der Waals surface area contributed by atoms with Crippen molar-refractivity contribution < 1.29 is 20.2 Å². The lowest BCUT2D eigenvalue weighted by Crippen LogP contribution is -2.27. The third-order valence-electron chi connectivity index (χ3n) is 2.17. The van der Waals surface area contributed by atoms with Gasteiger partial charge in [0.05, 0.1) is 11.0 Å². The number of nitrogens with two attached hydrogens (primary N) is 1. The SMILES string of the molecule is NCC(O)C(O)c1cccc([N+](=O)[O-])c1O. The zero-order valence-electron chi connectivity index (χ0n) is 8.28. The smallest absolute Gasteiger partial charge is 0.311 e. The van der Waals surface area contributed by atoms with Gasteiger partial charge in [-0.2, -0.15) is 0 Å². The third kappa shape index (κ3) is 2.27. The van der Waals surface area contributed by atoms with Gasteiger partial charge in [-0.25, -0.2) is 0 Å². The molecule has 5 N–H and O–H groups in total. The molecular weight excluding hydrogens is 216 g/mol. The van der Waals surface area contributed by atoms with Crippen LogP contribution in [0.3, 0.4) is 0 Å². The highest BCUT2D eigenvalue weighted by Crippen LogP contribution is 2.34. The van der Waals surface area contributed by atoms with Crippen molar-refractivity contribution >= 4 is 5.69 Å². The Bertz CT molecular complexity index is 395. The molecule has 0 aliphatic heterocycles. The fraction of sp³-hybridized carbons (Fsp3) is 0.333. The second kappa shape index (κ2) is 4.88. The zero-order valence-corrected chi connectivity index (χ0v) is 8.28. The van der Waals surface area contributed by atoms with E-state index in [0.29, 0.717) is 0 Å². The average molecular weight is 228 g/mol. The molecule has 0 spiro atoms. The molecule has 0 aliphatic rings. The molecule has 2 atom stereocenters. The number of nitro groups is 1. The number of para-hydroxylation sites is 1. The minimum absolute atomic E-state index is 0.118. The number of phenolic OH excluding ortho intramolecular Hbond substituents is 1. The second-order valence-electron chi connectivity index (χ2n) is 3.22. The Morgan fingerprint density at radius 1 is 1.44 bits per heavy atom. The summed E-state index contributed by atoms with van der Waals surface area (Å²) in [6, 6.07) is 3.69. The summed E-state index contributed by atoms with van der Waals surface area (Å²) in [6.07, 6.45) is -2.74. The van der Waals surface area contributed by atoms with Crippen LogP contribution in [0, 0.1) is 10.1 Å². The zero-order chi connectivity index (χ0) is 12.3. The third-order valence-corrected chi connectivity index (χ3v) is 2.17. The Morgan fingerprint density at radius 2 is 2.06 bits per heavy atom. The van der Waals surface area contributed by atoms with Gasteiger partial charge in [-0.3, -0.25) is 10.1 Å². The van der Waals surface area contributed by atoms with Crippen molar-refractivity contribution in [2.45, 2.75) is 12.2 Å². The van der Waals surface area contributed by atoms with Crippen molar-refractivity contribution in [3.8, 4) is 5.75 Å². The van der Waals surface area contributed by atoms with E-state index in [1.165, 1.54) is 12.1 Å². The standard InChI is InChI=1S/C9H12N2O5/c10-4-7(12)9(14)5-2-1-3-6(8(5)13)11(15)16/h1-3,7,9,12-14H,4,10H2. The Balaban J connectivity index is 3.15. The topological polar surface area (TPSA) is 130 Å². The summed E-state index contributed by atoms with van der Waals surface area (Å²) >= 11 is 0. The van der Waals surface area contributed by atoms with Gasteiger partial charge in [0.25, 0.3) is 0 Å². The van der Waals surface area contributed by atoms with Gasteiger partial charge in [0.1, 0.15) is 6.10 Å². The number of phenols is 1. The first-order chi connectivity index (χ1) is 7.49. The highest BCUT2D eigenvalue weighted by Gasteiger charge is 2.25. The fourth-order valence-electron chi connectivity index (χ4n) is 1.27. The maximum Gasteiger partial charge on any atom is 0.311 e. The largest absolute Gasteiger partial charge is 0.502 e. The van der Waals surface area contributed by atoms with Crippen LogP contribution in [0.25, 0.3) is 0 Å². The van der Waals surface area contributed by atoms with Crippen molar-refractivity contribution in [1.82, 2.24) is 0 Å². The molecule has 0 heterocycles. The summed E-state index contributed by atoms with van der Waals surface area (Å²) in [4.78, 5) is 9.74. The number of aliphatic hydroxyl groups is 2. The number of rotatable bonds is 4. The van der Waals surface area contributed by atoms with E-state index in [4.69, 9.17) is 5.73 Å². The molecule has 1 aromatic carbocycles. The molecule has 1 aromatic rings. The highest BCUT2D eigenvalue weighted by molar-refractivity contribution is 5.51. The number of nitro benzene ring substituents is 1. The normalized spacial score (nSPS) is 14.4. The summed E-state index contributed by atoms with van der Waals surface area (Å²) in [5, 5.41) is 38.9. The van der Waals surface area contributed by atoms with Gasteiger partial charge in [0.2, 0.25) is 0 Å². The molecule has 88 valence electrons. The summed E-state index contributed by atoms with van der Waals surface area (Å²) in [5.41, 5.74) is 4.49. The molecule has 0 aliphatic carbocycles. The molecule has 16 heavy (non-hydrogen) atoms. The van der Waals surface area contributed by atoms with Crippen LogP contribution in [0.2, 0.25) is 0 Å². The van der Waals surface area contributed by atoms with Crippen molar-refractivity contribution in [2.24, 2.45) is 5.73 Å². The van der Waals surface area contributed by atoms with Crippen LogP contribution in [0.15, 0.2) is 18.2 Å². The van der Waals surface area contributed by atoms with Crippen LogP contribution in [0.4, 0.5) is 5.69 Å². The van der Waals surface area contributed by atoms with Crippen LogP contribution < -0.4 is 5.73 Å². The predicted molar refractivity (Wildman–Crippen MR) is 54.8 cm³/mol. The van der Waals surface area contributed by atoms with Gasteiger partial charge in [-0.05, 0) is 0 Å². The lowest BCUT2D eigenvalue weighted by atomic mass is 10.0. The average Bonchev–Trinajstić information content (AvgIpc) is 2.27. The van der Waals surface area contributed by atoms with E-state index >= 15 is 0 Å². The number of aliphatic hydroxyl groups excluding tert-OH is 2. The predicted octanol–water partition coefficient (Wildman–Crippen LogP) is -0.347. The quantitative estimate of drug-likeness (QED) is 0.411. The highest BCUT2D eigenvalue weighted by atomic mass is 16.6. The molecule has 0 saturated heterocycles. The molecule has 0 amide bonds. The van der Waals surface area contributed by atoms with Crippen molar-refractivity contribution in [3.63, 3.8) is 0 Å². The van der Waals surface area contributed by atoms with Gasteiger partial charge in [-0.15, -0.1) is 0 Å². The number of hydrogen-bond donors (Lipinski definition) is 4. The van der Waals surface area contributed by atoms with Crippen LogP contribution in [0.1, 0.15) is 11.7 Å². The minimum atomic E-state index is -1.45. The molecule has 1 rings (SSSR count). The molecule has 0 fully saturated rings. The fourth-order valence-corrected chi connectivity index (χ4v) is 1.27. The van der Waals surface area contributed by atoms with Crippen LogP contribution >= 0.6 is 0 Å². The van der Waals surface area contributed by atoms with E-state index in [2.05, 4.69) is 0 Å². The maximum absolute atomic E-state index is 10.5. The van der Waals surface area contributed by atoms with Crippen LogP contribution in [0.5, 0.6) is 5.75 Å². The van der Waals surface area contributed by atoms with E-state index in [0.717, 1.165) is 6.07 Å². The Kier molecular flexibility index (Phi) is 3.78. The Labute approximate surface area is 90.9 Å².